The molecule has 152 valence electrons. The molecular formula is C22H21N5O3. The van der Waals surface area contributed by atoms with E-state index in [2.05, 4.69) is 51.6 Å². The number of benzene rings is 2. The molecule has 30 heavy (non-hydrogen) atoms. The molecule has 0 saturated carbocycles. The second-order valence-corrected chi connectivity index (χ2v) is 7.39. The third kappa shape index (κ3) is 3.69. The van der Waals surface area contributed by atoms with E-state index in [1.807, 2.05) is 35.9 Å². The minimum atomic E-state index is -0.0591. The van der Waals surface area contributed by atoms with E-state index < -0.39 is 0 Å². The number of hydrogen-bond donors (Lipinski definition) is 0. The van der Waals surface area contributed by atoms with E-state index in [9.17, 15) is 0 Å². The lowest BCUT2D eigenvalue weighted by Crippen LogP contribution is -2.22. The minimum absolute atomic E-state index is 0.0591. The van der Waals surface area contributed by atoms with Crippen LogP contribution in [0.4, 0.5) is 0 Å². The Morgan fingerprint density at radius 3 is 2.80 bits per heavy atom. The molecule has 1 atom stereocenters. The van der Waals surface area contributed by atoms with Crippen LogP contribution in [0.3, 0.4) is 0 Å². The van der Waals surface area contributed by atoms with Gasteiger partial charge in [0.1, 0.15) is 11.9 Å². The highest BCUT2D eigenvalue weighted by Gasteiger charge is 2.27. The number of fused-ring (bicyclic) bond motifs is 1. The number of aryl methyl sites for hydroxylation is 2. The van der Waals surface area contributed by atoms with Crippen molar-refractivity contribution in [2.75, 3.05) is 0 Å². The van der Waals surface area contributed by atoms with E-state index in [0.717, 1.165) is 22.6 Å². The van der Waals surface area contributed by atoms with E-state index in [-0.39, 0.29) is 12.7 Å². The molecule has 1 aliphatic heterocycles. The normalized spacial score (nSPS) is 15.7. The Balaban J connectivity index is 1.29. The third-order valence-corrected chi connectivity index (χ3v) is 5.08. The van der Waals surface area contributed by atoms with E-state index in [4.69, 9.17) is 14.0 Å². The molecule has 0 saturated heterocycles. The molecule has 0 aliphatic carbocycles. The van der Waals surface area contributed by atoms with Crippen molar-refractivity contribution in [3.63, 3.8) is 0 Å². The zero-order valence-electron chi connectivity index (χ0n) is 16.8. The van der Waals surface area contributed by atoms with Crippen molar-refractivity contribution in [3.05, 3.63) is 76.8 Å². The van der Waals surface area contributed by atoms with Gasteiger partial charge >= 0.3 is 0 Å². The highest BCUT2D eigenvalue weighted by Crippen LogP contribution is 2.30. The Hall–Kier alpha value is -3.52. The largest absolute Gasteiger partial charge is 0.484 e. The Bertz CT molecular complexity index is 1170. The van der Waals surface area contributed by atoms with Gasteiger partial charge in [-0.25, -0.2) is 4.68 Å². The summed E-state index contributed by atoms with van der Waals surface area (Å²) >= 11 is 0. The van der Waals surface area contributed by atoms with Gasteiger partial charge in [0.25, 0.3) is 5.89 Å². The molecule has 0 bridgehead atoms. The summed E-state index contributed by atoms with van der Waals surface area (Å²) in [6.45, 7) is 5.24. The van der Waals surface area contributed by atoms with Gasteiger partial charge in [0.05, 0.1) is 18.8 Å². The van der Waals surface area contributed by atoms with Gasteiger partial charge in [-0.1, -0.05) is 52.3 Å². The molecule has 3 heterocycles. The summed E-state index contributed by atoms with van der Waals surface area (Å²) in [4.78, 5) is 4.41. The summed E-state index contributed by atoms with van der Waals surface area (Å²) in [7, 11) is 0. The van der Waals surface area contributed by atoms with E-state index >= 15 is 0 Å². The first kappa shape index (κ1) is 18.5. The maximum absolute atomic E-state index is 6.06. The first-order chi connectivity index (χ1) is 14.7. The first-order valence-electron chi connectivity index (χ1n) is 9.78. The van der Waals surface area contributed by atoms with Crippen molar-refractivity contribution >= 4 is 0 Å². The summed E-state index contributed by atoms with van der Waals surface area (Å²) in [6.07, 6.45) is -0.0591. The van der Waals surface area contributed by atoms with Crippen molar-refractivity contribution < 1.29 is 14.0 Å². The standard InChI is InChI=1S/C22H21N5O3/c1-14-6-8-16(9-7-14)19-11-27-18(12-29-19)21(24-26-27)22-23-20(30-25-22)13-28-17-5-3-4-15(2)10-17/h3-10,19H,11-13H2,1-2H3/t19-/m1/s1. The van der Waals surface area contributed by atoms with E-state index in [1.54, 1.807) is 0 Å². The van der Waals surface area contributed by atoms with Crippen LogP contribution in [0, 0.1) is 13.8 Å². The molecule has 8 nitrogen and oxygen atoms in total. The lowest BCUT2D eigenvalue weighted by atomic mass is 10.1. The van der Waals surface area contributed by atoms with E-state index in [1.165, 1.54) is 5.56 Å². The predicted octanol–water partition coefficient (Wildman–Crippen LogP) is 3.80. The fraction of sp³-hybridized carbons (Fsp3) is 0.273. The fourth-order valence-corrected chi connectivity index (χ4v) is 3.43. The summed E-state index contributed by atoms with van der Waals surface area (Å²) in [5.74, 6) is 1.52. The molecule has 1 aliphatic rings. The van der Waals surface area contributed by atoms with Crippen LogP contribution in [0.2, 0.25) is 0 Å². The van der Waals surface area contributed by atoms with Gasteiger partial charge in [0.2, 0.25) is 5.82 Å². The smallest absolute Gasteiger partial charge is 0.264 e. The molecule has 0 fully saturated rings. The summed E-state index contributed by atoms with van der Waals surface area (Å²) in [5, 5.41) is 12.6. The number of hydrogen-bond acceptors (Lipinski definition) is 7. The Morgan fingerprint density at radius 2 is 1.97 bits per heavy atom. The Labute approximate surface area is 173 Å². The zero-order valence-corrected chi connectivity index (χ0v) is 16.8. The number of nitrogens with zero attached hydrogens (tertiary/aromatic N) is 5. The first-order valence-corrected chi connectivity index (χ1v) is 9.78. The summed E-state index contributed by atoms with van der Waals surface area (Å²) < 4.78 is 19.0. The van der Waals surface area contributed by atoms with Gasteiger partial charge in [-0.15, -0.1) is 5.10 Å². The SMILES string of the molecule is Cc1ccc([C@H]2Cn3nnc(-c4noc(COc5cccc(C)c5)n4)c3CO2)cc1. The summed E-state index contributed by atoms with van der Waals surface area (Å²) in [6, 6.07) is 16.1. The molecule has 0 spiro atoms. The van der Waals surface area contributed by atoms with Crippen LogP contribution in [0.15, 0.2) is 53.1 Å². The second-order valence-electron chi connectivity index (χ2n) is 7.39. The molecule has 0 radical (unpaired) electrons. The van der Waals surface area contributed by atoms with Gasteiger partial charge in [0, 0.05) is 0 Å². The molecule has 0 unspecified atom stereocenters. The van der Waals surface area contributed by atoms with Crippen LogP contribution in [0.5, 0.6) is 5.75 Å². The van der Waals surface area contributed by atoms with Crippen LogP contribution >= 0.6 is 0 Å². The number of aromatic nitrogens is 5. The van der Waals surface area contributed by atoms with Crippen molar-refractivity contribution in [1.29, 1.82) is 0 Å². The highest BCUT2D eigenvalue weighted by molar-refractivity contribution is 5.51. The molecular weight excluding hydrogens is 382 g/mol. The molecule has 2 aromatic carbocycles. The van der Waals surface area contributed by atoms with Gasteiger partial charge in [-0.3, -0.25) is 0 Å². The molecule has 0 amide bonds. The molecule has 0 N–H and O–H groups in total. The summed E-state index contributed by atoms with van der Waals surface area (Å²) in [5.41, 5.74) is 4.88. The molecule has 8 heteroatoms. The molecule has 4 aromatic rings. The van der Waals surface area contributed by atoms with Crippen molar-refractivity contribution in [1.82, 2.24) is 25.1 Å². The number of rotatable bonds is 5. The average molecular weight is 403 g/mol. The average Bonchev–Trinajstić information content (AvgIpc) is 3.39. The van der Waals surface area contributed by atoms with Crippen molar-refractivity contribution in [2.24, 2.45) is 0 Å². The zero-order chi connectivity index (χ0) is 20.5. The van der Waals surface area contributed by atoms with Gasteiger partial charge in [0.15, 0.2) is 12.3 Å². The predicted molar refractivity (Wildman–Crippen MR) is 108 cm³/mol. The van der Waals surface area contributed by atoms with Crippen molar-refractivity contribution in [3.8, 4) is 17.3 Å². The van der Waals surface area contributed by atoms with Crippen LogP contribution in [0.1, 0.15) is 34.4 Å². The van der Waals surface area contributed by atoms with E-state index in [0.29, 0.717) is 30.6 Å². The molecule has 5 rings (SSSR count). The van der Waals surface area contributed by atoms with Crippen molar-refractivity contribution in [2.45, 2.75) is 39.7 Å². The number of ether oxygens (including phenoxy) is 2. The third-order valence-electron chi connectivity index (χ3n) is 5.08. The Kier molecular flexibility index (Phi) is 4.76. The van der Waals surface area contributed by atoms with Crippen LogP contribution in [-0.2, 0) is 24.5 Å². The van der Waals surface area contributed by atoms with Crippen LogP contribution in [-0.4, -0.2) is 25.1 Å². The van der Waals surface area contributed by atoms with Crippen LogP contribution < -0.4 is 4.74 Å². The van der Waals surface area contributed by atoms with Gasteiger partial charge in [-0.2, -0.15) is 4.98 Å². The fourth-order valence-electron chi connectivity index (χ4n) is 3.43. The molecule has 2 aromatic heterocycles. The maximum atomic E-state index is 6.06. The van der Waals surface area contributed by atoms with Gasteiger partial charge < -0.3 is 14.0 Å². The Morgan fingerprint density at radius 1 is 1.10 bits per heavy atom. The quantitative estimate of drug-likeness (QED) is 0.501. The maximum Gasteiger partial charge on any atom is 0.264 e. The highest BCUT2D eigenvalue weighted by atomic mass is 16.5. The topological polar surface area (TPSA) is 88.1 Å². The lowest BCUT2D eigenvalue weighted by molar-refractivity contribution is -0.00112. The van der Waals surface area contributed by atoms with Crippen LogP contribution in [0.25, 0.3) is 11.5 Å². The van der Waals surface area contributed by atoms with Gasteiger partial charge in [-0.05, 0) is 37.1 Å². The lowest BCUT2D eigenvalue weighted by Gasteiger charge is -2.24. The second kappa shape index (κ2) is 7.72. The minimum Gasteiger partial charge on any atom is -0.484 e. The monoisotopic (exact) mass is 403 g/mol.